The first-order valence-electron chi connectivity index (χ1n) is 7.91. The number of carbonyl (C=O) groups excluding carboxylic acids is 1. The summed E-state index contributed by atoms with van der Waals surface area (Å²) >= 11 is 0. The Hall–Kier alpha value is -2.13. The van der Waals surface area contributed by atoms with Crippen molar-refractivity contribution in [2.45, 2.75) is 25.4 Å². The largest absolute Gasteiger partial charge is 0.333 e. The molecule has 0 spiro atoms. The summed E-state index contributed by atoms with van der Waals surface area (Å²) in [4.78, 5) is 14.3. The van der Waals surface area contributed by atoms with Crippen molar-refractivity contribution in [1.82, 2.24) is 10.2 Å². The first kappa shape index (κ1) is 14.8. The summed E-state index contributed by atoms with van der Waals surface area (Å²) in [5, 5.41) is 3.25. The Bertz CT molecular complexity index is 597. The zero-order valence-electron chi connectivity index (χ0n) is 12.7. The van der Waals surface area contributed by atoms with E-state index >= 15 is 0 Å². The number of nitrogens with one attached hydrogen (secondary N) is 1. The van der Waals surface area contributed by atoms with Gasteiger partial charge in [0.2, 0.25) is 5.91 Å². The summed E-state index contributed by atoms with van der Waals surface area (Å²) < 4.78 is 0. The van der Waals surface area contributed by atoms with Crippen molar-refractivity contribution in [3.05, 3.63) is 71.8 Å². The molecule has 22 heavy (non-hydrogen) atoms. The standard InChI is InChI=1S/C19H22N2O/c22-19-14-20-13-18(12-11-16-7-3-1-4-8-16)21(19)15-17-9-5-2-6-10-17/h1-10,18,20H,11-15H2/t18-/m0/s1. The van der Waals surface area contributed by atoms with Gasteiger partial charge in [0.25, 0.3) is 0 Å². The molecule has 1 saturated heterocycles. The molecule has 114 valence electrons. The topological polar surface area (TPSA) is 32.3 Å². The van der Waals surface area contributed by atoms with Gasteiger partial charge >= 0.3 is 0 Å². The summed E-state index contributed by atoms with van der Waals surface area (Å²) in [5.74, 6) is 0.202. The highest BCUT2D eigenvalue weighted by molar-refractivity contribution is 5.79. The summed E-state index contributed by atoms with van der Waals surface area (Å²) in [6.45, 7) is 2.04. The average molecular weight is 294 g/mol. The maximum absolute atomic E-state index is 12.3. The minimum atomic E-state index is 0.202. The van der Waals surface area contributed by atoms with Crippen molar-refractivity contribution in [3.8, 4) is 0 Å². The molecule has 0 saturated carbocycles. The van der Waals surface area contributed by atoms with Crippen molar-refractivity contribution in [2.24, 2.45) is 0 Å². The molecular weight excluding hydrogens is 272 g/mol. The molecule has 3 heteroatoms. The molecule has 1 fully saturated rings. The van der Waals surface area contributed by atoms with E-state index in [2.05, 4.69) is 41.7 Å². The number of amides is 1. The number of rotatable bonds is 5. The lowest BCUT2D eigenvalue weighted by Gasteiger charge is -2.36. The molecule has 1 amide bonds. The summed E-state index contributed by atoms with van der Waals surface area (Å²) in [5.41, 5.74) is 2.53. The molecule has 1 heterocycles. The van der Waals surface area contributed by atoms with Crippen molar-refractivity contribution in [1.29, 1.82) is 0 Å². The smallest absolute Gasteiger partial charge is 0.237 e. The van der Waals surface area contributed by atoms with Gasteiger partial charge < -0.3 is 10.2 Å². The molecule has 1 aliphatic rings. The molecular formula is C19H22N2O. The van der Waals surface area contributed by atoms with E-state index in [9.17, 15) is 4.79 Å². The second-order valence-electron chi connectivity index (χ2n) is 5.82. The molecule has 2 aromatic rings. The molecule has 0 radical (unpaired) electrons. The van der Waals surface area contributed by atoms with E-state index in [1.165, 1.54) is 11.1 Å². The minimum absolute atomic E-state index is 0.202. The molecule has 0 aliphatic carbocycles. The average Bonchev–Trinajstić information content (AvgIpc) is 2.57. The van der Waals surface area contributed by atoms with Gasteiger partial charge in [-0.25, -0.2) is 0 Å². The highest BCUT2D eigenvalue weighted by Crippen LogP contribution is 2.16. The van der Waals surface area contributed by atoms with Gasteiger partial charge in [-0.15, -0.1) is 0 Å². The predicted molar refractivity (Wildman–Crippen MR) is 88.4 cm³/mol. The lowest BCUT2D eigenvalue weighted by atomic mass is 10.0. The molecule has 2 aromatic carbocycles. The third kappa shape index (κ3) is 3.74. The second-order valence-corrected chi connectivity index (χ2v) is 5.82. The molecule has 1 atom stereocenters. The van der Waals surface area contributed by atoms with E-state index in [0.717, 1.165) is 19.4 Å². The molecule has 0 aromatic heterocycles. The minimum Gasteiger partial charge on any atom is -0.333 e. The van der Waals surface area contributed by atoms with Gasteiger partial charge in [-0.1, -0.05) is 60.7 Å². The van der Waals surface area contributed by atoms with Crippen molar-refractivity contribution in [3.63, 3.8) is 0 Å². The van der Waals surface area contributed by atoms with Gasteiger partial charge in [0, 0.05) is 19.1 Å². The third-order valence-electron chi connectivity index (χ3n) is 4.22. The maximum Gasteiger partial charge on any atom is 0.237 e. The highest BCUT2D eigenvalue weighted by atomic mass is 16.2. The Morgan fingerprint density at radius 1 is 0.955 bits per heavy atom. The first-order chi connectivity index (χ1) is 10.8. The van der Waals surface area contributed by atoms with Crippen LogP contribution in [0.3, 0.4) is 0 Å². The number of hydrogen-bond acceptors (Lipinski definition) is 2. The number of aryl methyl sites for hydroxylation is 1. The number of hydrogen-bond donors (Lipinski definition) is 1. The van der Waals surface area contributed by atoms with E-state index in [1.807, 2.05) is 29.2 Å². The Balaban J connectivity index is 1.66. The van der Waals surface area contributed by atoms with Crippen LogP contribution in [0.4, 0.5) is 0 Å². The molecule has 1 aliphatic heterocycles. The third-order valence-corrected chi connectivity index (χ3v) is 4.22. The van der Waals surface area contributed by atoms with Gasteiger partial charge in [0.15, 0.2) is 0 Å². The lowest BCUT2D eigenvalue weighted by molar-refractivity contribution is -0.135. The van der Waals surface area contributed by atoms with Crippen molar-refractivity contribution in [2.75, 3.05) is 13.1 Å². The number of carbonyl (C=O) groups is 1. The van der Waals surface area contributed by atoms with Crippen LogP contribution in [0.5, 0.6) is 0 Å². The van der Waals surface area contributed by atoms with E-state index < -0.39 is 0 Å². The van der Waals surface area contributed by atoms with Gasteiger partial charge in [-0.05, 0) is 24.0 Å². The summed E-state index contributed by atoms with van der Waals surface area (Å²) in [6, 6.07) is 21.0. The number of nitrogens with zero attached hydrogens (tertiary/aromatic N) is 1. The zero-order valence-corrected chi connectivity index (χ0v) is 12.7. The Labute approximate surface area is 132 Å². The fourth-order valence-corrected chi connectivity index (χ4v) is 2.99. The van der Waals surface area contributed by atoms with Gasteiger partial charge in [-0.3, -0.25) is 4.79 Å². The molecule has 0 unspecified atom stereocenters. The van der Waals surface area contributed by atoms with E-state index in [1.54, 1.807) is 0 Å². The fourth-order valence-electron chi connectivity index (χ4n) is 2.99. The summed E-state index contributed by atoms with van der Waals surface area (Å²) in [6.07, 6.45) is 2.00. The first-order valence-corrected chi connectivity index (χ1v) is 7.91. The number of benzene rings is 2. The Morgan fingerprint density at radius 2 is 1.59 bits per heavy atom. The monoisotopic (exact) mass is 294 g/mol. The van der Waals surface area contributed by atoms with Crippen LogP contribution >= 0.6 is 0 Å². The van der Waals surface area contributed by atoms with Crippen LogP contribution in [-0.2, 0) is 17.8 Å². The van der Waals surface area contributed by atoms with Crippen LogP contribution in [-0.4, -0.2) is 29.9 Å². The van der Waals surface area contributed by atoms with Crippen LogP contribution in [0.15, 0.2) is 60.7 Å². The van der Waals surface area contributed by atoms with E-state index in [-0.39, 0.29) is 11.9 Å². The van der Waals surface area contributed by atoms with Crippen molar-refractivity contribution >= 4 is 5.91 Å². The number of piperazine rings is 1. The van der Waals surface area contributed by atoms with Crippen LogP contribution in [0.2, 0.25) is 0 Å². The fraction of sp³-hybridized carbons (Fsp3) is 0.316. The van der Waals surface area contributed by atoms with Crippen LogP contribution in [0.1, 0.15) is 17.5 Å². The highest BCUT2D eigenvalue weighted by Gasteiger charge is 2.27. The summed E-state index contributed by atoms with van der Waals surface area (Å²) in [7, 11) is 0. The quantitative estimate of drug-likeness (QED) is 0.919. The van der Waals surface area contributed by atoms with Crippen LogP contribution in [0.25, 0.3) is 0 Å². The SMILES string of the molecule is O=C1CNC[C@H](CCc2ccccc2)N1Cc1ccccc1. The molecule has 1 N–H and O–H groups in total. The van der Waals surface area contributed by atoms with Gasteiger partial charge in [0.05, 0.1) is 6.54 Å². The van der Waals surface area contributed by atoms with E-state index in [0.29, 0.717) is 13.1 Å². The van der Waals surface area contributed by atoms with Crippen LogP contribution in [0, 0.1) is 0 Å². The van der Waals surface area contributed by atoms with Gasteiger partial charge in [-0.2, -0.15) is 0 Å². The molecule has 0 bridgehead atoms. The van der Waals surface area contributed by atoms with Gasteiger partial charge in [0.1, 0.15) is 0 Å². The van der Waals surface area contributed by atoms with Crippen molar-refractivity contribution < 1.29 is 4.79 Å². The second kappa shape index (κ2) is 7.23. The van der Waals surface area contributed by atoms with E-state index in [4.69, 9.17) is 0 Å². The zero-order chi connectivity index (χ0) is 15.2. The molecule has 3 nitrogen and oxygen atoms in total. The normalized spacial score (nSPS) is 18.5. The Kier molecular flexibility index (Phi) is 4.86. The maximum atomic E-state index is 12.3. The predicted octanol–water partition coefficient (Wildman–Crippen LogP) is 2.62. The molecule has 3 rings (SSSR count). The Morgan fingerprint density at radius 3 is 2.27 bits per heavy atom. The lowest BCUT2D eigenvalue weighted by Crippen LogP contribution is -2.54. The van der Waals surface area contributed by atoms with Crippen LogP contribution < -0.4 is 5.32 Å².